The van der Waals surface area contributed by atoms with E-state index in [4.69, 9.17) is 14.6 Å². The molecule has 1 aromatic heterocycles. The van der Waals surface area contributed by atoms with Crippen molar-refractivity contribution in [3.8, 4) is 0 Å². The number of aromatic carboxylic acids is 1. The minimum absolute atomic E-state index is 0.0280. The third-order valence-electron chi connectivity index (χ3n) is 1.55. The second-order valence-corrected chi connectivity index (χ2v) is 2.48. The van der Waals surface area contributed by atoms with Gasteiger partial charge in [0.1, 0.15) is 0 Å². The van der Waals surface area contributed by atoms with Crippen LogP contribution >= 0.6 is 0 Å². The van der Waals surface area contributed by atoms with Gasteiger partial charge in [0, 0.05) is 18.7 Å². The van der Waals surface area contributed by atoms with Crippen LogP contribution < -0.4 is 5.32 Å². The van der Waals surface area contributed by atoms with E-state index in [0.29, 0.717) is 18.7 Å². The largest absolute Gasteiger partial charge is 0.475 e. The van der Waals surface area contributed by atoms with E-state index in [0.717, 1.165) is 0 Å². The van der Waals surface area contributed by atoms with Gasteiger partial charge < -0.3 is 19.9 Å². The highest BCUT2D eigenvalue weighted by atomic mass is 16.4. The van der Waals surface area contributed by atoms with Crippen molar-refractivity contribution in [3.63, 3.8) is 0 Å². The summed E-state index contributed by atoms with van der Waals surface area (Å²) in [5.41, 5.74) is 0.584. The fourth-order valence-corrected chi connectivity index (χ4v) is 0.965. The Hall–Kier alpha value is -1.33. The topological polar surface area (TPSA) is 82.7 Å². The molecule has 0 radical (unpaired) electrons. The molecule has 13 heavy (non-hydrogen) atoms. The Morgan fingerprint density at radius 3 is 3.00 bits per heavy atom. The average molecular weight is 185 g/mol. The van der Waals surface area contributed by atoms with Crippen molar-refractivity contribution in [3.05, 3.63) is 23.7 Å². The monoisotopic (exact) mass is 185 g/mol. The van der Waals surface area contributed by atoms with Crippen molar-refractivity contribution < 1.29 is 19.4 Å². The molecule has 1 rings (SSSR count). The first kappa shape index (κ1) is 9.76. The molecule has 0 aliphatic rings. The molecule has 0 bridgehead atoms. The Labute approximate surface area is 75.0 Å². The maximum absolute atomic E-state index is 10.5. The lowest BCUT2D eigenvalue weighted by molar-refractivity contribution is 0.0660. The molecule has 0 aromatic carbocycles. The predicted molar refractivity (Wildman–Crippen MR) is 44.5 cm³/mol. The molecule has 0 atom stereocenters. The third kappa shape index (κ3) is 2.57. The lowest BCUT2D eigenvalue weighted by Crippen LogP contribution is -2.18. The zero-order valence-corrected chi connectivity index (χ0v) is 6.99. The van der Waals surface area contributed by atoms with E-state index in [1.807, 2.05) is 0 Å². The Morgan fingerprint density at radius 1 is 1.62 bits per heavy atom. The number of hydrogen-bond acceptors (Lipinski definition) is 4. The Bertz CT molecular complexity index is 281. The van der Waals surface area contributed by atoms with Gasteiger partial charge in [-0.25, -0.2) is 4.79 Å². The fraction of sp³-hybridized carbons (Fsp3) is 0.375. The van der Waals surface area contributed by atoms with E-state index in [1.54, 1.807) is 6.07 Å². The summed E-state index contributed by atoms with van der Waals surface area (Å²) in [5.74, 6) is -1.13. The van der Waals surface area contributed by atoms with Crippen molar-refractivity contribution in [1.82, 2.24) is 5.32 Å². The first-order valence-electron chi connectivity index (χ1n) is 3.87. The normalized spacial score (nSPS) is 10.2. The van der Waals surface area contributed by atoms with Crippen LogP contribution in [0.3, 0.4) is 0 Å². The maximum atomic E-state index is 10.5. The van der Waals surface area contributed by atoms with Gasteiger partial charge in [0.25, 0.3) is 0 Å². The molecule has 0 saturated heterocycles. The SMILES string of the molecule is O=C(O)c1occc1CNCCO. The van der Waals surface area contributed by atoms with Crippen LogP contribution in [0.2, 0.25) is 0 Å². The van der Waals surface area contributed by atoms with Gasteiger partial charge in [0.15, 0.2) is 0 Å². The standard InChI is InChI=1S/C8H11NO4/c10-3-2-9-5-6-1-4-13-7(6)8(11)12/h1,4,9-10H,2-3,5H2,(H,11,12). The first-order chi connectivity index (χ1) is 6.25. The quantitative estimate of drug-likeness (QED) is 0.565. The van der Waals surface area contributed by atoms with Crippen molar-refractivity contribution in [2.45, 2.75) is 6.54 Å². The van der Waals surface area contributed by atoms with Gasteiger partial charge in [0.05, 0.1) is 12.9 Å². The number of rotatable bonds is 5. The van der Waals surface area contributed by atoms with Gasteiger partial charge in [-0.1, -0.05) is 0 Å². The number of nitrogens with one attached hydrogen (secondary N) is 1. The molecule has 0 aliphatic carbocycles. The second kappa shape index (κ2) is 4.64. The second-order valence-electron chi connectivity index (χ2n) is 2.48. The number of furan rings is 1. The summed E-state index contributed by atoms with van der Waals surface area (Å²) in [5, 5.41) is 20.0. The van der Waals surface area contributed by atoms with E-state index in [1.165, 1.54) is 6.26 Å². The molecular weight excluding hydrogens is 174 g/mol. The lowest BCUT2D eigenvalue weighted by Gasteiger charge is -2.00. The summed E-state index contributed by atoms with van der Waals surface area (Å²) in [6.45, 7) is 0.850. The molecule has 0 aliphatic heterocycles. The highest BCUT2D eigenvalue weighted by Gasteiger charge is 2.12. The highest BCUT2D eigenvalue weighted by molar-refractivity contribution is 5.86. The first-order valence-corrected chi connectivity index (χ1v) is 3.87. The zero-order chi connectivity index (χ0) is 9.68. The van der Waals surface area contributed by atoms with Crippen molar-refractivity contribution in [2.24, 2.45) is 0 Å². The van der Waals surface area contributed by atoms with E-state index < -0.39 is 5.97 Å². The maximum Gasteiger partial charge on any atom is 0.372 e. The molecule has 72 valence electrons. The highest BCUT2D eigenvalue weighted by Crippen LogP contribution is 2.09. The molecule has 0 saturated carbocycles. The summed E-state index contributed by atoms with van der Waals surface area (Å²) in [7, 11) is 0. The van der Waals surface area contributed by atoms with Crippen LogP contribution in [-0.2, 0) is 6.54 Å². The number of carboxylic acid groups (broad SMARTS) is 1. The van der Waals surface area contributed by atoms with Crippen molar-refractivity contribution in [2.75, 3.05) is 13.2 Å². The molecular formula is C8H11NO4. The number of hydrogen-bond donors (Lipinski definition) is 3. The molecule has 3 N–H and O–H groups in total. The van der Waals surface area contributed by atoms with E-state index in [2.05, 4.69) is 5.32 Å². The number of carboxylic acids is 1. The summed E-state index contributed by atoms with van der Waals surface area (Å²) in [4.78, 5) is 10.5. The van der Waals surface area contributed by atoms with Crippen LogP contribution in [0.15, 0.2) is 16.7 Å². The van der Waals surface area contributed by atoms with Crippen molar-refractivity contribution >= 4 is 5.97 Å². The molecule has 0 unspecified atom stereocenters. The molecule has 0 spiro atoms. The average Bonchev–Trinajstić information content (AvgIpc) is 2.53. The van der Waals surface area contributed by atoms with Crippen LogP contribution in [0.5, 0.6) is 0 Å². The van der Waals surface area contributed by atoms with Gasteiger partial charge in [0.2, 0.25) is 5.76 Å². The van der Waals surface area contributed by atoms with Gasteiger partial charge in [-0.2, -0.15) is 0 Å². The Morgan fingerprint density at radius 2 is 2.38 bits per heavy atom. The molecule has 0 fully saturated rings. The van der Waals surface area contributed by atoms with Crippen LogP contribution in [0.4, 0.5) is 0 Å². The van der Waals surface area contributed by atoms with Gasteiger partial charge >= 0.3 is 5.97 Å². The van der Waals surface area contributed by atoms with Gasteiger partial charge in [-0.15, -0.1) is 0 Å². The zero-order valence-electron chi connectivity index (χ0n) is 6.99. The van der Waals surface area contributed by atoms with Crippen LogP contribution in [0, 0.1) is 0 Å². The summed E-state index contributed by atoms with van der Waals surface area (Å²) in [6.07, 6.45) is 1.33. The van der Waals surface area contributed by atoms with Crippen LogP contribution in [-0.4, -0.2) is 29.3 Å². The molecule has 1 heterocycles. The van der Waals surface area contributed by atoms with Gasteiger partial charge in [-0.05, 0) is 6.07 Å². The smallest absolute Gasteiger partial charge is 0.372 e. The Kier molecular flexibility index (Phi) is 3.48. The molecule has 5 heteroatoms. The van der Waals surface area contributed by atoms with E-state index in [9.17, 15) is 4.79 Å². The predicted octanol–water partition coefficient (Wildman–Crippen LogP) is 0.0597. The number of aliphatic hydroxyl groups excluding tert-OH is 1. The van der Waals surface area contributed by atoms with E-state index >= 15 is 0 Å². The Balaban J connectivity index is 2.55. The summed E-state index contributed by atoms with van der Waals surface area (Å²) >= 11 is 0. The van der Waals surface area contributed by atoms with Gasteiger partial charge in [-0.3, -0.25) is 0 Å². The summed E-state index contributed by atoms with van der Waals surface area (Å²) < 4.78 is 4.75. The van der Waals surface area contributed by atoms with Crippen LogP contribution in [0.1, 0.15) is 16.1 Å². The lowest BCUT2D eigenvalue weighted by atomic mass is 10.2. The molecule has 5 nitrogen and oxygen atoms in total. The summed E-state index contributed by atoms with van der Waals surface area (Å²) in [6, 6.07) is 1.59. The number of carbonyl (C=O) groups is 1. The molecule has 0 amide bonds. The van der Waals surface area contributed by atoms with Crippen molar-refractivity contribution in [1.29, 1.82) is 0 Å². The third-order valence-corrected chi connectivity index (χ3v) is 1.55. The minimum Gasteiger partial charge on any atom is -0.475 e. The number of aliphatic hydroxyl groups is 1. The fourth-order valence-electron chi connectivity index (χ4n) is 0.965. The molecule has 1 aromatic rings. The van der Waals surface area contributed by atoms with Crippen LogP contribution in [0.25, 0.3) is 0 Å². The minimum atomic E-state index is -1.08. The van der Waals surface area contributed by atoms with E-state index in [-0.39, 0.29) is 12.4 Å².